The van der Waals surface area contributed by atoms with Crippen molar-refractivity contribution in [3.05, 3.63) is 57.8 Å². The predicted molar refractivity (Wildman–Crippen MR) is 120 cm³/mol. The fraction of sp³-hybridized carbons (Fsp3) is 0.455. The molecule has 6 nitrogen and oxygen atoms in total. The Morgan fingerprint density at radius 2 is 2.17 bits per heavy atom. The summed E-state index contributed by atoms with van der Waals surface area (Å²) < 4.78 is 0. The number of benzene rings is 1. The number of carbonyl (C=O) groups excluding carboxylic acids is 1. The van der Waals surface area contributed by atoms with Gasteiger partial charge in [0.15, 0.2) is 5.96 Å². The van der Waals surface area contributed by atoms with Crippen LogP contribution in [0.25, 0.3) is 0 Å². The Bertz CT molecular complexity index is 820. The van der Waals surface area contributed by atoms with Crippen molar-refractivity contribution >= 4 is 23.2 Å². The lowest BCUT2D eigenvalue weighted by Crippen LogP contribution is -2.44. The van der Waals surface area contributed by atoms with Crippen LogP contribution >= 0.6 is 11.3 Å². The largest absolute Gasteiger partial charge is 0.366 e. The van der Waals surface area contributed by atoms with Crippen molar-refractivity contribution in [1.29, 1.82) is 0 Å². The van der Waals surface area contributed by atoms with Crippen molar-refractivity contribution in [1.82, 2.24) is 15.5 Å². The number of piperidine rings is 1. The number of carbonyl (C=O) groups is 1. The number of hydrogen-bond donors (Lipinski definition) is 3. The number of nitrogens with zero attached hydrogens (tertiary/aromatic N) is 2. The molecule has 29 heavy (non-hydrogen) atoms. The molecule has 2 heterocycles. The Morgan fingerprint density at radius 1 is 1.31 bits per heavy atom. The lowest BCUT2D eigenvalue weighted by Gasteiger charge is -2.39. The molecular weight excluding hydrogens is 382 g/mol. The van der Waals surface area contributed by atoms with Crippen molar-refractivity contribution in [2.24, 2.45) is 16.6 Å². The summed E-state index contributed by atoms with van der Waals surface area (Å²) in [6, 6.07) is 12.2. The SMILES string of the molecule is CCNC(=NCc1cccc(C(N)=O)c1)NCC1CCCN(C)C1c1cccs1. The lowest BCUT2D eigenvalue weighted by molar-refractivity contribution is 0.1000. The van der Waals surface area contributed by atoms with Gasteiger partial charge in [0.1, 0.15) is 0 Å². The van der Waals surface area contributed by atoms with Crippen molar-refractivity contribution < 1.29 is 4.79 Å². The quantitative estimate of drug-likeness (QED) is 0.481. The van der Waals surface area contributed by atoms with E-state index in [1.165, 1.54) is 17.7 Å². The molecule has 156 valence electrons. The Labute approximate surface area is 177 Å². The molecule has 3 rings (SSSR count). The lowest BCUT2D eigenvalue weighted by atomic mass is 9.88. The summed E-state index contributed by atoms with van der Waals surface area (Å²) in [7, 11) is 2.22. The summed E-state index contributed by atoms with van der Waals surface area (Å²) in [5, 5.41) is 9.02. The average molecular weight is 414 g/mol. The fourth-order valence-electron chi connectivity index (χ4n) is 3.95. The molecule has 1 aliphatic rings. The molecule has 1 aliphatic heterocycles. The zero-order valence-corrected chi connectivity index (χ0v) is 18.0. The van der Waals surface area contributed by atoms with E-state index in [-0.39, 0.29) is 0 Å². The van der Waals surface area contributed by atoms with E-state index < -0.39 is 5.91 Å². The van der Waals surface area contributed by atoms with E-state index in [0.29, 0.717) is 24.1 Å². The number of likely N-dealkylation sites (tertiary alicyclic amines) is 1. The number of primary amides is 1. The number of hydrogen-bond acceptors (Lipinski definition) is 4. The summed E-state index contributed by atoms with van der Waals surface area (Å²) in [4.78, 5) is 20.0. The second-order valence-corrected chi connectivity index (χ2v) is 8.46. The number of aliphatic imine (C=N–C) groups is 1. The third kappa shape index (κ3) is 5.81. The first-order valence-electron chi connectivity index (χ1n) is 10.2. The van der Waals surface area contributed by atoms with E-state index in [4.69, 9.17) is 10.7 Å². The number of thiophene rings is 1. The van der Waals surface area contributed by atoms with Crippen LogP contribution in [0, 0.1) is 5.92 Å². The Hall–Kier alpha value is -2.38. The van der Waals surface area contributed by atoms with Gasteiger partial charge in [0.05, 0.1) is 6.54 Å². The van der Waals surface area contributed by atoms with E-state index in [1.54, 1.807) is 12.1 Å². The number of rotatable bonds is 7. The molecule has 2 unspecified atom stereocenters. The second-order valence-electron chi connectivity index (χ2n) is 7.48. The van der Waals surface area contributed by atoms with Gasteiger partial charge in [-0.3, -0.25) is 9.69 Å². The van der Waals surface area contributed by atoms with Gasteiger partial charge in [-0.15, -0.1) is 11.3 Å². The molecule has 0 saturated carbocycles. The first-order chi connectivity index (χ1) is 14.1. The molecule has 0 bridgehead atoms. The highest BCUT2D eigenvalue weighted by molar-refractivity contribution is 7.10. The van der Waals surface area contributed by atoms with Crippen LogP contribution in [0.2, 0.25) is 0 Å². The van der Waals surface area contributed by atoms with Gasteiger partial charge in [-0.1, -0.05) is 18.2 Å². The second kappa shape index (κ2) is 10.4. The van der Waals surface area contributed by atoms with Gasteiger partial charge in [-0.2, -0.15) is 0 Å². The normalized spacial score (nSPS) is 20.4. The van der Waals surface area contributed by atoms with Crippen LogP contribution in [0.4, 0.5) is 0 Å². The highest BCUT2D eigenvalue weighted by Gasteiger charge is 2.31. The molecule has 1 aromatic carbocycles. The molecule has 1 aromatic heterocycles. The molecule has 0 aliphatic carbocycles. The molecule has 4 N–H and O–H groups in total. The van der Waals surface area contributed by atoms with Crippen LogP contribution < -0.4 is 16.4 Å². The van der Waals surface area contributed by atoms with Gasteiger partial charge in [0, 0.05) is 29.6 Å². The molecule has 2 aromatic rings. The minimum Gasteiger partial charge on any atom is -0.366 e. The minimum absolute atomic E-state index is 0.415. The van der Waals surface area contributed by atoms with E-state index in [2.05, 4.69) is 47.0 Å². The van der Waals surface area contributed by atoms with Gasteiger partial charge in [-0.25, -0.2) is 4.99 Å². The Morgan fingerprint density at radius 3 is 2.90 bits per heavy atom. The van der Waals surface area contributed by atoms with Gasteiger partial charge >= 0.3 is 0 Å². The van der Waals surface area contributed by atoms with Crippen LogP contribution in [-0.2, 0) is 6.54 Å². The van der Waals surface area contributed by atoms with Crippen LogP contribution in [-0.4, -0.2) is 43.4 Å². The fourth-order valence-corrected chi connectivity index (χ4v) is 4.93. The van der Waals surface area contributed by atoms with Crippen molar-refractivity contribution in [3.63, 3.8) is 0 Å². The minimum atomic E-state index is -0.415. The predicted octanol–water partition coefficient (Wildman–Crippen LogP) is 2.99. The molecule has 1 amide bonds. The standard InChI is InChI=1S/C22H31N5OS/c1-3-24-22(25-14-16-7-4-8-17(13-16)21(23)28)26-15-18-9-5-11-27(2)20(18)19-10-6-12-29-19/h4,6-8,10,12-13,18,20H,3,5,9,11,14-15H2,1-2H3,(H2,23,28)(H2,24,25,26). The van der Waals surface area contributed by atoms with Gasteiger partial charge in [0.2, 0.25) is 5.91 Å². The van der Waals surface area contributed by atoms with E-state index in [0.717, 1.165) is 31.2 Å². The average Bonchev–Trinajstić information content (AvgIpc) is 3.24. The zero-order valence-electron chi connectivity index (χ0n) is 17.2. The van der Waals surface area contributed by atoms with Crippen LogP contribution in [0.1, 0.15) is 46.6 Å². The maximum absolute atomic E-state index is 11.4. The van der Waals surface area contributed by atoms with Gasteiger partial charge in [-0.05, 0) is 68.4 Å². The first-order valence-corrected chi connectivity index (χ1v) is 11.1. The summed E-state index contributed by atoms with van der Waals surface area (Å²) in [6.07, 6.45) is 2.43. The highest BCUT2D eigenvalue weighted by Crippen LogP contribution is 2.36. The van der Waals surface area contributed by atoms with E-state index in [9.17, 15) is 4.79 Å². The first kappa shape index (κ1) is 21.3. The Balaban J connectivity index is 1.66. The summed E-state index contributed by atoms with van der Waals surface area (Å²) in [5.41, 5.74) is 6.86. The third-order valence-corrected chi connectivity index (χ3v) is 6.29. The topological polar surface area (TPSA) is 82.7 Å². The zero-order chi connectivity index (χ0) is 20.6. The van der Waals surface area contributed by atoms with Gasteiger partial charge in [0.25, 0.3) is 0 Å². The van der Waals surface area contributed by atoms with Crippen LogP contribution in [0.5, 0.6) is 0 Å². The van der Waals surface area contributed by atoms with E-state index in [1.807, 2.05) is 23.5 Å². The molecule has 0 radical (unpaired) electrons. The maximum atomic E-state index is 11.4. The molecular formula is C22H31N5OS. The summed E-state index contributed by atoms with van der Waals surface area (Å²) in [5.74, 6) is 0.923. The van der Waals surface area contributed by atoms with Crippen molar-refractivity contribution in [2.45, 2.75) is 32.4 Å². The van der Waals surface area contributed by atoms with Gasteiger partial charge < -0.3 is 16.4 Å². The number of nitrogens with two attached hydrogens (primary N) is 1. The molecule has 2 atom stereocenters. The Kier molecular flexibility index (Phi) is 7.66. The van der Waals surface area contributed by atoms with Crippen LogP contribution in [0.3, 0.4) is 0 Å². The number of amides is 1. The molecule has 1 saturated heterocycles. The number of nitrogens with one attached hydrogen (secondary N) is 2. The number of guanidine groups is 1. The molecule has 1 fully saturated rings. The molecule has 7 heteroatoms. The summed E-state index contributed by atoms with van der Waals surface area (Å²) >= 11 is 1.84. The van der Waals surface area contributed by atoms with Crippen LogP contribution in [0.15, 0.2) is 46.8 Å². The molecule has 0 spiro atoms. The van der Waals surface area contributed by atoms with Crippen molar-refractivity contribution in [2.75, 3.05) is 26.7 Å². The smallest absolute Gasteiger partial charge is 0.248 e. The van der Waals surface area contributed by atoms with Crippen molar-refractivity contribution in [3.8, 4) is 0 Å². The maximum Gasteiger partial charge on any atom is 0.248 e. The summed E-state index contributed by atoms with van der Waals surface area (Å²) in [6.45, 7) is 5.37. The van der Waals surface area contributed by atoms with E-state index >= 15 is 0 Å². The third-order valence-electron chi connectivity index (χ3n) is 5.35. The monoisotopic (exact) mass is 413 g/mol. The highest BCUT2D eigenvalue weighted by atomic mass is 32.1.